The fraction of sp³-hybridized carbons (Fsp3) is 0.294. The Morgan fingerprint density at radius 3 is 2.39 bits per heavy atom. The largest absolute Gasteiger partial charge is 0.303 e. The van der Waals surface area contributed by atoms with E-state index in [9.17, 15) is 0 Å². The molecule has 3 unspecified atom stereocenters. The molecule has 18 heavy (non-hydrogen) atoms. The minimum absolute atomic E-state index is 0.381. The van der Waals surface area contributed by atoms with Gasteiger partial charge in [-0.3, -0.25) is 0 Å². The molecule has 2 bridgehead atoms. The zero-order chi connectivity index (χ0) is 12.1. The molecule has 0 saturated heterocycles. The van der Waals surface area contributed by atoms with Crippen LogP contribution in [0.5, 0.6) is 0 Å². The molecule has 2 aromatic rings. The number of rotatable bonds is 0. The van der Waals surface area contributed by atoms with Crippen molar-refractivity contribution < 1.29 is 0 Å². The van der Waals surface area contributed by atoms with Crippen LogP contribution in [0.4, 0.5) is 0 Å². The standard InChI is InChI=1S/C17H17N/c1-11-16-10-12-6-2-3-7-13(12)17(18-11)15-9-5-4-8-14(15)16/h2-9,11,16-18H,10H2,1H3. The maximum atomic E-state index is 3.79. The SMILES string of the molecule is CC1NC2c3ccccc3CC1c1ccccc12. The summed E-state index contributed by atoms with van der Waals surface area (Å²) >= 11 is 0. The minimum Gasteiger partial charge on any atom is -0.303 e. The maximum Gasteiger partial charge on any atom is 0.0584 e. The Bertz CT molecular complexity index is 602. The Hall–Kier alpha value is -1.60. The van der Waals surface area contributed by atoms with Gasteiger partial charge in [-0.1, -0.05) is 48.5 Å². The lowest BCUT2D eigenvalue weighted by Gasteiger charge is -2.34. The van der Waals surface area contributed by atoms with Crippen molar-refractivity contribution in [2.24, 2.45) is 0 Å². The Labute approximate surface area is 108 Å². The van der Waals surface area contributed by atoms with Gasteiger partial charge in [0.25, 0.3) is 0 Å². The zero-order valence-corrected chi connectivity index (χ0v) is 10.6. The van der Waals surface area contributed by atoms with E-state index >= 15 is 0 Å². The number of fused-ring (bicyclic) bond motifs is 1. The third-order valence-corrected chi connectivity index (χ3v) is 4.55. The summed E-state index contributed by atoms with van der Waals surface area (Å²) < 4.78 is 0. The Morgan fingerprint density at radius 2 is 1.56 bits per heavy atom. The highest BCUT2D eigenvalue weighted by Crippen LogP contribution is 2.43. The average molecular weight is 235 g/mol. The molecule has 0 spiro atoms. The number of benzene rings is 2. The normalized spacial score (nSPS) is 28.4. The first-order chi connectivity index (χ1) is 8.84. The Balaban J connectivity index is 2.00. The van der Waals surface area contributed by atoms with Gasteiger partial charge in [0.15, 0.2) is 0 Å². The summed E-state index contributed by atoms with van der Waals surface area (Å²) in [5, 5.41) is 3.79. The van der Waals surface area contributed by atoms with Crippen molar-refractivity contribution in [2.75, 3.05) is 0 Å². The Morgan fingerprint density at radius 1 is 0.889 bits per heavy atom. The molecule has 3 atom stereocenters. The topological polar surface area (TPSA) is 12.0 Å². The number of nitrogens with one attached hydrogen (secondary N) is 1. The van der Waals surface area contributed by atoms with Crippen molar-refractivity contribution in [1.82, 2.24) is 5.32 Å². The lowest BCUT2D eigenvalue weighted by Crippen LogP contribution is -2.39. The monoisotopic (exact) mass is 235 g/mol. The highest BCUT2D eigenvalue weighted by molar-refractivity contribution is 5.49. The van der Waals surface area contributed by atoms with Crippen LogP contribution in [0.25, 0.3) is 0 Å². The molecule has 1 heteroatoms. The van der Waals surface area contributed by atoms with E-state index in [1.165, 1.54) is 16.7 Å². The van der Waals surface area contributed by atoms with Crippen molar-refractivity contribution in [2.45, 2.75) is 31.3 Å². The van der Waals surface area contributed by atoms with Crippen LogP contribution in [0.15, 0.2) is 48.5 Å². The predicted molar refractivity (Wildman–Crippen MR) is 73.8 cm³/mol. The second-order valence-corrected chi connectivity index (χ2v) is 5.53. The van der Waals surface area contributed by atoms with E-state index < -0.39 is 0 Å². The fourth-order valence-electron chi connectivity index (χ4n) is 3.63. The van der Waals surface area contributed by atoms with Crippen LogP contribution in [-0.4, -0.2) is 6.04 Å². The molecule has 5 rings (SSSR count). The molecule has 90 valence electrons. The van der Waals surface area contributed by atoms with Crippen molar-refractivity contribution >= 4 is 0 Å². The van der Waals surface area contributed by atoms with Gasteiger partial charge in [-0.15, -0.1) is 0 Å². The maximum absolute atomic E-state index is 3.79. The molecule has 0 radical (unpaired) electrons. The third kappa shape index (κ3) is 1.31. The van der Waals surface area contributed by atoms with Crippen LogP contribution in [0, 0.1) is 0 Å². The van der Waals surface area contributed by atoms with Crippen LogP contribution < -0.4 is 5.32 Å². The molecule has 2 aromatic carbocycles. The summed E-state index contributed by atoms with van der Waals surface area (Å²) in [5.74, 6) is 0.612. The van der Waals surface area contributed by atoms with E-state index in [2.05, 4.69) is 60.8 Å². The molecule has 1 nitrogen and oxygen atoms in total. The molecule has 2 heterocycles. The van der Waals surface area contributed by atoms with E-state index in [1.807, 2.05) is 0 Å². The van der Waals surface area contributed by atoms with Gasteiger partial charge in [0.2, 0.25) is 0 Å². The van der Waals surface area contributed by atoms with Crippen molar-refractivity contribution in [3.05, 3.63) is 70.8 Å². The lowest BCUT2D eigenvalue weighted by atomic mass is 9.82. The van der Waals surface area contributed by atoms with Gasteiger partial charge in [-0.2, -0.15) is 0 Å². The summed E-state index contributed by atoms with van der Waals surface area (Å²) in [7, 11) is 0. The molecular weight excluding hydrogens is 218 g/mol. The molecule has 0 aromatic heterocycles. The van der Waals surface area contributed by atoms with Gasteiger partial charge in [0.05, 0.1) is 6.04 Å². The van der Waals surface area contributed by atoms with E-state index in [4.69, 9.17) is 0 Å². The quantitative estimate of drug-likeness (QED) is 0.738. The highest BCUT2D eigenvalue weighted by atomic mass is 15.0. The summed E-state index contributed by atoms with van der Waals surface area (Å²) in [6.45, 7) is 2.32. The van der Waals surface area contributed by atoms with Gasteiger partial charge in [-0.05, 0) is 35.6 Å². The first kappa shape index (κ1) is 10.3. The second-order valence-electron chi connectivity index (χ2n) is 5.53. The van der Waals surface area contributed by atoms with Crippen LogP contribution in [0.2, 0.25) is 0 Å². The van der Waals surface area contributed by atoms with E-state index in [1.54, 1.807) is 5.56 Å². The van der Waals surface area contributed by atoms with E-state index in [0.29, 0.717) is 18.0 Å². The molecular formula is C17H17N. The molecule has 2 aliphatic heterocycles. The predicted octanol–water partition coefficient (Wildman–Crippen LogP) is 3.41. The van der Waals surface area contributed by atoms with Gasteiger partial charge < -0.3 is 5.32 Å². The van der Waals surface area contributed by atoms with E-state index in [0.717, 1.165) is 6.42 Å². The number of hydrogen-bond donors (Lipinski definition) is 1. The summed E-state index contributed by atoms with van der Waals surface area (Å²) in [5.41, 5.74) is 6.01. The second kappa shape index (κ2) is 3.69. The number of hydrogen-bond acceptors (Lipinski definition) is 1. The molecule has 1 aliphatic carbocycles. The molecule has 0 amide bonds. The third-order valence-electron chi connectivity index (χ3n) is 4.55. The zero-order valence-electron chi connectivity index (χ0n) is 10.6. The van der Waals surface area contributed by atoms with Crippen LogP contribution >= 0.6 is 0 Å². The summed E-state index contributed by atoms with van der Waals surface area (Å²) in [4.78, 5) is 0. The van der Waals surface area contributed by atoms with Crippen molar-refractivity contribution in [3.8, 4) is 0 Å². The lowest BCUT2D eigenvalue weighted by molar-refractivity contribution is 0.412. The summed E-state index contributed by atoms with van der Waals surface area (Å²) in [6, 6.07) is 18.8. The first-order valence-electron chi connectivity index (χ1n) is 6.77. The molecule has 3 aliphatic rings. The van der Waals surface area contributed by atoms with E-state index in [-0.39, 0.29) is 0 Å². The fourth-order valence-corrected chi connectivity index (χ4v) is 3.63. The highest BCUT2D eigenvalue weighted by Gasteiger charge is 2.36. The van der Waals surface area contributed by atoms with Crippen LogP contribution in [0.1, 0.15) is 41.1 Å². The van der Waals surface area contributed by atoms with Crippen LogP contribution in [-0.2, 0) is 6.42 Å². The van der Waals surface area contributed by atoms with Crippen molar-refractivity contribution in [1.29, 1.82) is 0 Å². The first-order valence-corrected chi connectivity index (χ1v) is 6.77. The average Bonchev–Trinajstić information content (AvgIpc) is 2.64. The van der Waals surface area contributed by atoms with Crippen molar-refractivity contribution in [3.63, 3.8) is 0 Å². The van der Waals surface area contributed by atoms with Gasteiger partial charge in [0, 0.05) is 12.0 Å². The summed E-state index contributed by atoms with van der Waals surface area (Å²) in [6.07, 6.45) is 1.16. The molecule has 0 fully saturated rings. The van der Waals surface area contributed by atoms with Gasteiger partial charge >= 0.3 is 0 Å². The van der Waals surface area contributed by atoms with Gasteiger partial charge in [-0.25, -0.2) is 0 Å². The molecule has 1 N–H and O–H groups in total. The molecule has 0 saturated carbocycles. The smallest absolute Gasteiger partial charge is 0.0584 e. The Kier molecular flexibility index (Phi) is 2.12. The van der Waals surface area contributed by atoms with Gasteiger partial charge in [0.1, 0.15) is 0 Å². The minimum atomic E-state index is 0.381. The van der Waals surface area contributed by atoms with Crippen LogP contribution in [0.3, 0.4) is 0 Å².